The summed E-state index contributed by atoms with van der Waals surface area (Å²) in [4.78, 5) is 84.9. The summed E-state index contributed by atoms with van der Waals surface area (Å²) in [6.07, 6.45) is 13.8. The molecule has 1 heterocycles. The number of carbonyl (C=O) groups excluding carboxylic acids is 8. The average molecular weight is 599 g/mol. The number of nitrogens with two attached hydrogens (primary N) is 2. The Morgan fingerprint density at radius 3 is 1.95 bits per heavy atom. The van der Waals surface area contributed by atoms with Crippen LogP contribution in [0.3, 0.4) is 0 Å². The molecule has 0 bridgehead atoms. The monoisotopic (exact) mass is 598 g/mol. The lowest BCUT2D eigenvalue weighted by Gasteiger charge is -2.23. The van der Waals surface area contributed by atoms with Crippen LogP contribution in [-0.2, 0) is 33.5 Å². The second-order valence-electron chi connectivity index (χ2n) is 9.32. The number of isocyanates is 1. The number of aliphatic imine (C=N–C) groups is 1. The largest absolute Gasteiger partial charge is 0.465 e. The molecule has 0 saturated heterocycles. The normalized spacial score (nSPS) is 19.2. The molecule has 2 fully saturated rings. The maximum absolute atomic E-state index is 11.2. The molecule has 5 amide bonds. The first-order chi connectivity index (χ1) is 19.4. The van der Waals surface area contributed by atoms with Crippen molar-refractivity contribution < 1.29 is 43.1 Å². The van der Waals surface area contributed by atoms with E-state index in [1.54, 1.807) is 6.92 Å². The summed E-state index contributed by atoms with van der Waals surface area (Å²) in [6.45, 7) is 2.12. The predicted molar refractivity (Wildman–Crippen MR) is 148 cm³/mol. The summed E-state index contributed by atoms with van der Waals surface area (Å²) in [7, 11) is 0. The topological polar surface area (TPSA) is 222 Å². The van der Waals surface area contributed by atoms with Gasteiger partial charge in [-0.25, -0.2) is 9.59 Å². The number of ketones is 2. The Kier molecular flexibility index (Phi) is 20.1. The van der Waals surface area contributed by atoms with E-state index in [4.69, 9.17) is 14.3 Å². The lowest BCUT2D eigenvalue weighted by Crippen LogP contribution is -2.37. The maximum atomic E-state index is 11.2. The Morgan fingerprint density at radius 2 is 1.49 bits per heavy atom. The number of nitrogens with one attached hydrogen (secondary N) is 1. The molecule has 0 aromatic rings. The number of carbonyl (C=O) groups is 7. The van der Waals surface area contributed by atoms with Gasteiger partial charge in [0.1, 0.15) is 17.5 Å². The molecule has 0 radical (unpaired) electrons. The van der Waals surface area contributed by atoms with Crippen molar-refractivity contribution in [2.45, 2.75) is 96.8 Å². The van der Waals surface area contributed by atoms with Gasteiger partial charge in [0.05, 0.1) is 6.61 Å². The fourth-order valence-corrected chi connectivity index (χ4v) is 4.37. The number of nitrogens with zero attached hydrogens (tertiary/aromatic N) is 1. The smallest absolute Gasteiger partial charge is 0.350 e. The van der Waals surface area contributed by atoms with Crippen molar-refractivity contribution in [3.05, 3.63) is 11.1 Å². The van der Waals surface area contributed by atoms with Crippen molar-refractivity contribution >= 4 is 58.4 Å². The second kappa shape index (κ2) is 22.0. The molecule has 228 valence electrons. The van der Waals surface area contributed by atoms with Crippen LogP contribution < -0.4 is 16.8 Å². The highest BCUT2D eigenvalue weighted by atomic mass is 35.5. The standard InChI is InChI=1S/C9H11NO2.C9H14O3.C6H10O.C2ClNO2.CH4N2O/c11-8-5-6-3-1-2-4-7(6)9(12)10-8;1-2-12-9(11)7-5-3-4-6-8(7)10;7-6-4-2-1-3-5-6;3-2(6)4-1-5;2-1(3)4/h1-5H2,(H,10,11,12);7H,2-6H2,1H3;1-5H2;;(H4,2,3,4). The number of primary amides is 2. The van der Waals surface area contributed by atoms with Crippen molar-refractivity contribution in [1.29, 1.82) is 0 Å². The SMILES string of the molecule is CCOC(=O)C1CCCCC1=O.NC(N)=O.O=C1CC2=C(CCCC2)C(=O)N1.O=C1CCCCC1.O=C=NC(=O)Cl. The molecule has 1 unspecified atom stereocenters. The molecule has 1 aliphatic heterocycles. The third kappa shape index (κ3) is 18.3. The Bertz CT molecular complexity index is 1020. The first-order valence-electron chi connectivity index (χ1n) is 13.5. The Morgan fingerprint density at radius 1 is 0.927 bits per heavy atom. The van der Waals surface area contributed by atoms with E-state index in [1.165, 1.54) is 6.42 Å². The summed E-state index contributed by atoms with van der Waals surface area (Å²) >= 11 is 4.51. The summed E-state index contributed by atoms with van der Waals surface area (Å²) < 4.78 is 4.79. The van der Waals surface area contributed by atoms with Crippen LogP contribution >= 0.6 is 11.6 Å². The highest BCUT2D eigenvalue weighted by Crippen LogP contribution is 2.29. The Hall–Kier alpha value is -3.70. The molecule has 13 nitrogen and oxygen atoms in total. The molecule has 5 N–H and O–H groups in total. The predicted octanol–water partition coefficient (Wildman–Crippen LogP) is 3.44. The van der Waals surface area contributed by atoms with Crippen LogP contribution in [-0.4, -0.2) is 53.4 Å². The van der Waals surface area contributed by atoms with Crippen molar-refractivity contribution in [3.8, 4) is 0 Å². The van der Waals surface area contributed by atoms with Crippen LogP contribution in [0.15, 0.2) is 16.1 Å². The molecular weight excluding hydrogens is 560 g/mol. The van der Waals surface area contributed by atoms with Gasteiger partial charge in [-0.05, 0) is 69.9 Å². The number of halogens is 1. The lowest BCUT2D eigenvalue weighted by atomic mass is 9.87. The molecule has 2 saturated carbocycles. The van der Waals surface area contributed by atoms with E-state index in [2.05, 4.69) is 33.4 Å². The van der Waals surface area contributed by atoms with Gasteiger partial charge in [-0.1, -0.05) is 18.4 Å². The van der Waals surface area contributed by atoms with Crippen molar-refractivity contribution in [3.63, 3.8) is 0 Å². The third-order valence-corrected chi connectivity index (χ3v) is 6.24. The Labute approximate surface area is 243 Å². The fourth-order valence-electron chi connectivity index (χ4n) is 4.33. The van der Waals surface area contributed by atoms with Gasteiger partial charge < -0.3 is 16.2 Å². The van der Waals surface area contributed by atoms with E-state index in [9.17, 15) is 28.8 Å². The number of imide groups is 1. The maximum Gasteiger partial charge on any atom is 0.350 e. The lowest BCUT2D eigenvalue weighted by molar-refractivity contribution is -0.152. The third-order valence-electron chi connectivity index (χ3n) is 6.15. The zero-order valence-corrected chi connectivity index (χ0v) is 24.1. The highest BCUT2D eigenvalue weighted by Gasteiger charge is 2.29. The molecule has 0 aromatic carbocycles. The van der Waals surface area contributed by atoms with Gasteiger partial charge >= 0.3 is 17.4 Å². The number of urea groups is 1. The van der Waals surface area contributed by atoms with Gasteiger partial charge in [-0.3, -0.25) is 34.1 Å². The van der Waals surface area contributed by atoms with Crippen LogP contribution in [0.2, 0.25) is 0 Å². The molecule has 3 aliphatic carbocycles. The van der Waals surface area contributed by atoms with Gasteiger partial charge in [0.2, 0.25) is 12.0 Å². The molecule has 14 heteroatoms. The van der Waals surface area contributed by atoms with Crippen molar-refractivity contribution in [2.24, 2.45) is 22.4 Å². The molecule has 4 rings (SSSR count). The van der Waals surface area contributed by atoms with Gasteiger partial charge in [-0.2, -0.15) is 0 Å². The summed E-state index contributed by atoms with van der Waals surface area (Å²) in [5, 5.41) is 1.31. The van der Waals surface area contributed by atoms with Crippen LogP contribution in [0.4, 0.5) is 9.59 Å². The van der Waals surface area contributed by atoms with E-state index < -0.39 is 17.3 Å². The van der Waals surface area contributed by atoms with E-state index in [0.29, 0.717) is 31.7 Å². The van der Waals surface area contributed by atoms with Gasteiger partial charge in [-0.15, -0.1) is 4.99 Å². The first-order valence-corrected chi connectivity index (χ1v) is 13.9. The number of Topliss-reactive ketones (excluding diaryl/α,β-unsaturated/α-hetero) is 2. The molecule has 0 aromatic heterocycles. The van der Waals surface area contributed by atoms with E-state index in [1.807, 2.05) is 0 Å². The molecular formula is C27H39ClN4O9. The van der Waals surface area contributed by atoms with E-state index in [-0.39, 0.29) is 23.6 Å². The molecule has 1 atom stereocenters. The Balaban J connectivity index is 0.000000517. The number of ether oxygens (including phenoxy) is 1. The number of rotatable bonds is 2. The minimum absolute atomic E-state index is 0.0553. The number of hydrogen-bond acceptors (Lipinski definition) is 9. The number of esters is 1. The second-order valence-corrected chi connectivity index (χ2v) is 9.64. The number of hydrogen-bond donors (Lipinski definition) is 3. The van der Waals surface area contributed by atoms with Crippen LogP contribution in [0.1, 0.15) is 96.8 Å². The van der Waals surface area contributed by atoms with Crippen LogP contribution in [0, 0.1) is 5.92 Å². The summed E-state index contributed by atoms with van der Waals surface area (Å²) in [5.41, 5.74) is 10.5. The van der Waals surface area contributed by atoms with Gasteiger partial charge in [0.15, 0.2) is 0 Å². The van der Waals surface area contributed by atoms with E-state index in [0.717, 1.165) is 81.4 Å². The first kappa shape index (κ1) is 37.3. The van der Waals surface area contributed by atoms with Gasteiger partial charge in [0.25, 0.3) is 5.91 Å². The van der Waals surface area contributed by atoms with Crippen molar-refractivity contribution in [1.82, 2.24) is 5.32 Å². The average Bonchev–Trinajstić information content (AvgIpc) is 2.90. The van der Waals surface area contributed by atoms with E-state index >= 15 is 0 Å². The van der Waals surface area contributed by atoms with Crippen LogP contribution in [0.25, 0.3) is 0 Å². The summed E-state index contributed by atoms with van der Waals surface area (Å²) in [5.74, 6) is -0.562. The summed E-state index contributed by atoms with van der Waals surface area (Å²) in [6, 6.07) is -0.833. The van der Waals surface area contributed by atoms with Crippen molar-refractivity contribution in [2.75, 3.05) is 6.61 Å². The fraction of sp³-hybridized carbons (Fsp3) is 0.630. The quantitative estimate of drug-likeness (QED) is 0.0803. The minimum Gasteiger partial charge on any atom is -0.465 e. The zero-order valence-electron chi connectivity index (χ0n) is 23.3. The highest BCUT2D eigenvalue weighted by molar-refractivity contribution is 6.63. The minimum atomic E-state index is -1.04. The van der Waals surface area contributed by atoms with Gasteiger partial charge in [0, 0.05) is 31.3 Å². The number of amides is 5. The molecule has 0 spiro atoms. The molecule has 41 heavy (non-hydrogen) atoms. The zero-order chi connectivity index (χ0) is 31.2. The van der Waals surface area contributed by atoms with Crippen LogP contribution in [0.5, 0.6) is 0 Å². The molecule has 4 aliphatic rings.